The molecule has 0 unspecified atom stereocenters. The van der Waals surface area contributed by atoms with Gasteiger partial charge in [0.1, 0.15) is 0 Å². The third-order valence-corrected chi connectivity index (χ3v) is 2.45. The Hall–Kier alpha value is -2.30. The van der Waals surface area contributed by atoms with Gasteiger partial charge in [0.15, 0.2) is 5.69 Å². The Morgan fingerprint density at radius 3 is 2.83 bits per heavy atom. The van der Waals surface area contributed by atoms with Gasteiger partial charge in [-0.1, -0.05) is 6.07 Å². The molecule has 0 aliphatic carbocycles. The minimum Gasteiger partial charge on any atom is -0.350 e. The van der Waals surface area contributed by atoms with E-state index in [2.05, 4.69) is 20.5 Å². The molecule has 0 spiro atoms. The van der Waals surface area contributed by atoms with Gasteiger partial charge >= 0.3 is 0 Å². The van der Waals surface area contributed by atoms with Crippen LogP contribution in [-0.4, -0.2) is 27.6 Å². The summed E-state index contributed by atoms with van der Waals surface area (Å²) in [6.07, 6.45) is 4.26. The lowest BCUT2D eigenvalue weighted by Crippen LogP contribution is -2.26. The van der Waals surface area contributed by atoms with E-state index in [1.807, 2.05) is 19.1 Å². The summed E-state index contributed by atoms with van der Waals surface area (Å²) < 4.78 is 0. The van der Waals surface area contributed by atoms with Crippen molar-refractivity contribution in [3.63, 3.8) is 0 Å². The Labute approximate surface area is 105 Å². The number of hydrogen-bond acceptors (Lipinski definition) is 4. The zero-order valence-electron chi connectivity index (χ0n) is 10.1. The molecule has 5 nitrogen and oxygen atoms in total. The molecule has 92 valence electrons. The number of aryl methyl sites for hydroxylation is 1. The van der Waals surface area contributed by atoms with E-state index in [9.17, 15) is 4.79 Å². The molecule has 0 atom stereocenters. The van der Waals surface area contributed by atoms with Crippen LogP contribution in [0.15, 0.2) is 36.7 Å². The van der Waals surface area contributed by atoms with Gasteiger partial charge in [-0.3, -0.25) is 9.78 Å². The predicted octanol–water partition coefficient (Wildman–Crippen LogP) is 1.15. The summed E-state index contributed by atoms with van der Waals surface area (Å²) in [5.41, 5.74) is 2.22. The van der Waals surface area contributed by atoms with Crippen molar-refractivity contribution >= 4 is 5.91 Å². The fourth-order valence-electron chi connectivity index (χ4n) is 1.48. The lowest BCUT2D eigenvalue weighted by atomic mass is 10.2. The highest BCUT2D eigenvalue weighted by Crippen LogP contribution is 1.97. The monoisotopic (exact) mass is 242 g/mol. The highest BCUT2D eigenvalue weighted by atomic mass is 16.1. The number of rotatable bonds is 4. The fourth-order valence-corrected chi connectivity index (χ4v) is 1.48. The Bertz CT molecular complexity index is 510. The molecule has 0 aliphatic rings. The standard InChI is InChI=1S/C13H14N4O/c1-10-4-5-12(17-16-10)13(18)15-8-6-11-3-2-7-14-9-11/h2-5,7,9H,6,8H2,1H3,(H,15,18). The molecule has 0 bridgehead atoms. The van der Waals surface area contributed by atoms with Crippen LogP contribution in [0.5, 0.6) is 0 Å². The van der Waals surface area contributed by atoms with Gasteiger partial charge in [0.05, 0.1) is 5.69 Å². The Kier molecular flexibility index (Phi) is 3.96. The normalized spacial score (nSPS) is 10.1. The highest BCUT2D eigenvalue weighted by Gasteiger charge is 2.06. The third-order valence-electron chi connectivity index (χ3n) is 2.45. The first kappa shape index (κ1) is 12.2. The topological polar surface area (TPSA) is 67.8 Å². The number of amides is 1. The number of aromatic nitrogens is 3. The first-order valence-corrected chi connectivity index (χ1v) is 5.73. The second kappa shape index (κ2) is 5.86. The molecular weight excluding hydrogens is 228 g/mol. The number of nitrogens with one attached hydrogen (secondary N) is 1. The molecule has 0 fully saturated rings. The fraction of sp³-hybridized carbons (Fsp3) is 0.231. The van der Waals surface area contributed by atoms with E-state index in [0.29, 0.717) is 12.2 Å². The summed E-state index contributed by atoms with van der Waals surface area (Å²) in [5.74, 6) is -0.202. The average Bonchev–Trinajstić information content (AvgIpc) is 2.40. The molecule has 0 saturated heterocycles. The first-order chi connectivity index (χ1) is 8.75. The van der Waals surface area contributed by atoms with Crippen LogP contribution in [-0.2, 0) is 6.42 Å². The summed E-state index contributed by atoms with van der Waals surface area (Å²) in [5, 5.41) is 10.5. The molecule has 0 aliphatic heterocycles. The smallest absolute Gasteiger partial charge is 0.271 e. The predicted molar refractivity (Wildman–Crippen MR) is 67.0 cm³/mol. The second-order valence-electron chi connectivity index (χ2n) is 3.93. The van der Waals surface area contributed by atoms with Gasteiger partial charge in [0, 0.05) is 18.9 Å². The van der Waals surface area contributed by atoms with Crippen LogP contribution in [0.1, 0.15) is 21.7 Å². The number of nitrogens with zero attached hydrogens (tertiary/aromatic N) is 3. The number of carbonyl (C=O) groups is 1. The van der Waals surface area contributed by atoms with Gasteiger partial charge in [-0.25, -0.2) is 0 Å². The van der Waals surface area contributed by atoms with E-state index in [0.717, 1.165) is 17.7 Å². The number of pyridine rings is 1. The summed E-state index contributed by atoms with van der Waals surface area (Å²) in [7, 11) is 0. The quantitative estimate of drug-likeness (QED) is 0.873. The molecule has 0 saturated carbocycles. The Balaban J connectivity index is 1.84. The Morgan fingerprint density at radius 2 is 2.17 bits per heavy atom. The third kappa shape index (κ3) is 3.35. The minimum atomic E-state index is -0.202. The van der Waals surface area contributed by atoms with Crippen LogP contribution >= 0.6 is 0 Å². The number of hydrogen-bond donors (Lipinski definition) is 1. The molecule has 1 amide bonds. The van der Waals surface area contributed by atoms with E-state index in [1.54, 1.807) is 24.5 Å². The minimum absolute atomic E-state index is 0.202. The zero-order valence-corrected chi connectivity index (χ0v) is 10.1. The summed E-state index contributed by atoms with van der Waals surface area (Å²) in [4.78, 5) is 15.7. The van der Waals surface area contributed by atoms with Crippen molar-refractivity contribution in [3.8, 4) is 0 Å². The molecular formula is C13H14N4O. The van der Waals surface area contributed by atoms with Crippen LogP contribution in [0.2, 0.25) is 0 Å². The molecule has 2 aromatic rings. The highest BCUT2D eigenvalue weighted by molar-refractivity contribution is 5.91. The lowest BCUT2D eigenvalue weighted by Gasteiger charge is -2.04. The van der Waals surface area contributed by atoms with Crippen molar-refractivity contribution in [3.05, 3.63) is 53.6 Å². The van der Waals surface area contributed by atoms with Gasteiger partial charge in [0.25, 0.3) is 5.91 Å². The molecule has 1 N–H and O–H groups in total. The summed E-state index contributed by atoms with van der Waals surface area (Å²) in [6.45, 7) is 2.39. The largest absolute Gasteiger partial charge is 0.350 e. The van der Waals surface area contributed by atoms with Crippen molar-refractivity contribution in [1.82, 2.24) is 20.5 Å². The van der Waals surface area contributed by atoms with Crippen LogP contribution < -0.4 is 5.32 Å². The molecule has 18 heavy (non-hydrogen) atoms. The SMILES string of the molecule is Cc1ccc(C(=O)NCCc2cccnc2)nn1. The van der Waals surface area contributed by atoms with Gasteiger partial charge < -0.3 is 5.32 Å². The van der Waals surface area contributed by atoms with Crippen LogP contribution in [0.3, 0.4) is 0 Å². The number of carbonyl (C=O) groups excluding carboxylic acids is 1. The van der Waals surface area contributed by atoms with Crippen LogP contribution in [0.4, 0.5) is 0 Å². The van der Waals surface area contributed by atoms with Crippen molar-refractivity contribution < 1.29 is 4.79 Å². The maximum Gasteiger partial charge on any atom is 0.271 e. The van der Waals surface area contributed by atoms with Gasteiger partial charge in [-0.2, -0.15) is 5.10 Å². The maximum absolute atomic E-state index is 11.7. The van der Waals surface area contributed by atoms with E-state index >= 15 is 0 Å². The van der Waals surface area contributed by atoms with Crippen molar-refractivity contribution in [1.29, 1.82) is 0 Å². The molecule has 0 radical (unpaired) electrons. The zero-order chi connectivity index (χ0) is 12.8. The second-order valence-corrected chi connectivity index (χ2v) is 3.93. The van der Waals surface area contributed by atoms with Gasteiger partial charge in [-0.15, -0.1) is 5.10 Å². The van der Waals surface area contributed by atoms with Gasteiger partial charge in [0.2, 0.25) is 0 Å². The molecule has 2 heterocycles. The molecule has 0 aromatic carbocycles. The molecule has 5 heteroatoms. The lowest BCUT2D eigenvalue weighted by molar-refractivity contribution is 0.0948. The van der Waals surface area contributed by atoms with Crippen LogP contribution in [0, 0.1) is 6.92 Å². The molecule has 2 rings (SSSR count). The van der Waals surface area contributed by atoms with Crippen molar-refractivity contribution in [2.45, 2.75) is 13.3 Å². The average molecular weight is 242 g/mol. The summed E-state index contributed by atoms with van der Waals surface area (Å²) >= 11 is 0. The Morgan fingerprint density at radius 1 is 1.28 bits per heavy atom. The van der Waals surface area contributed by atoms with Crippen molar-refractivity contribution in [2.24, 2.45) is 0 Å². The van der Waals surface area contributed by atoms with Gasteiger partial charge in [-0.05, 0) is 37.1 Å². The van der Waals surface area contributed by atoms with E-state index in [1.165, 1.54) is 0 Å². The van der Waals surface area contributed by atoms with Crippen LogP contribution in [0.25, 0.3) is 0 Å². The molecule has 2 aromatic heterocycles. The summed E-state index contributed by atoms with van der Waals surface area (Å²) in [6, 6.07) is 7.29. The van der Waals surface area contributed by atoms with Crippen molar-refractivity contribution in [2.75, 3.05) is 6.54 Å². The van der Waals surface area contributed by atoms with E-state index < -0.39 is 0 Å². The maximum atomic E-state index is 11.7. The van der Waals surface area contributed by atoms with E-state index in [-0.39, 0.29) is 5.91 Å². The first-order valence-electron chi connectivity index (χ1n) is 5.73. The van der Waals surface area contributed by atoms with E-state index in [4.69, 9.17) is 0 Å².